The van der Waals surface area contributed by atoms with Crippen LogP contribution in [-0.2, 0) is 6.54 Å². The highest BCUT2D eigenvalue weighted by Crippen LogP contribution is 2.29. The zero-order chi connectivity index (χ0) is 13.1. The summed E-state index contributed by atoms with van der Waals surface area (Å²) < 4.78 is 2.27. The van der Waals surface area contributed by atoms with Crippen molar-refractivity contribution in [2.24, 2.45) is 5.92 Å². The fraction of sp³-hybridized carbons (Fsp3) is 0.800. The van der Waals surface area contributed by atoms with Crippen molar-refractivity contribution in [2.45, 2.75) is 45.2 Å². The summed E-state index contributed by atoms with van der Waals surface area (Å²) in [5, 5.41) is 3.62. The van der Waals surface area contributed by atoms with Crippen LogP contribution in [0.5, 0.6) is 0 Å². The number of nitrogens with zero attached hydrogens (tertiary/aromatic N) is 3. The largest absolute Gasteiger partial charge is 0.334 e. The first-order chi connectivity index (χ1) is 9.31. The highest BCUT2D eigenvalue weighted by Gasteiger charge is 2.26. The second kappa shape index (κ2) is 6.06. The summed E-state index contributed by atoms with van der Waals surface area (Å²) in [6.07, 6.45) is 9.59. The molecular formula is C15H26N4. The van der Waals surface area contributed by atoms with Crippen molar-refractivity contribution in [2.75, 3.05) is 26.2 Å². The summed E-state index contributed by atoms with van der Waals surface area (Å²) in [5.41, 5.74) is 0. The van der Waals surface area contributed by atoms with Gasteiger partial charge in [0.15, 0.2) is 0 Å². The van der Waals surface area contributed by atoms with Gasteiger partial charge < -0.3 is 9.88 Å². The van der Waals surface area contributed by atoms with E-state index in [0.717, 1.165) is 30.9 Å². The summed E-state index contributed by atoms with van der Waals surface area (Å²) in [6.45, 7) is 8.06. The van der Waals surface area contributed by atoms with Gasteiger partial charge in [-0.2, -0.15) is 0 Å². The van der Waals surface area contributed by atoms with Crippen LogP contribution in [0.3, 0.4) is 0 Å². The molecule has 1 unspecified atom stereocenters. The Balaban J connectivity index is 1.50. The van der Waals surface area contributed by atoms with E-state index in [1.807, 2.05) is 6.20 Å². The molecular weight excluding hydrogens is 236 g/mol. The minimum atomic E-state index is 0.725. The lowest BCUT2D eigenvalue weighted by Crippen LogP contribution is -2.40. The third kappa shape index (κ3) is 3.80. The van der Waals surface area contributed by atoms with Gasteiger partial charge in [0, 0.05) is 44.6 Å². The fourth-order valence-corrected chi connectivity index (χ4v) is 3.04. The smallest absolute Gasteiger partial charge is 0.105 e. The SMILES string of the molecule is Cc1nccn1CCN(CC1CC1)CC1CCCN1. The Labute approximate surface area is 116 Å². The van der Waals surface area contributed by atoms with Crippen molar-refractivity contribution in [1.29, 1.82) is 0 Å². The zero-order valence-electron chi connectivity index (χ0n) is 12.0. The van der Waals surface area contributed by atoms with Gasteiger partial charge in [0.25, 0.3) is 0 Å². The third-order valence-electron chi connectivity index (χ3n) is 4.44. The first-order valence-electron chi connectivity index (χ1n) is 7.75. The van der Waals surface area contributed by atoms with Crippen LogP contribution >= 0.6 is 0 Å². The molecule has 0 radical (unpaired) electrons. The Morgan fingerprint density at radius 1 is 1.37 bits per heavy atom. The molecule has 4 nitrogen and oxygen atoms in total. The average molecular weight is 262 g/mol. The number of hydrogen-bond donors (Lipinski definition) is 1. The summed E-state index contributed by atoms with van der Waals surface area (Å²) in [6, 6.07) is 0.725. The molecule has 19 heavy (non-hydrogen) atoms. The molecule has 3 rings (SSSR count). The number of rotatable bonds is 7. The second-order valence-electron chi connectivity index (χ2n) is 6.16. The molecule has 1 aromatic rings. The molecule has 0 amide bonds. The maximum absolute atomic E-state index is 4.30. The van der Waals surface area contributed by atoms with E-state index in [1.165, 1.54) is 45.3 Å². The van der Waals surface area contributed by atoms with Gasteiger partial charge in [0.2, 0.25) is 0 Å². The van der Waals surface area contributed by atoms with Crippen molar-refractivity contribution < 1.29 is 0 Å². The zero-order valence-corrected chi connectivity index (χ0v) is 12.0. The van der Waals surface area contributed by atoms with E-state index in [9.17, 15) is 0 Å². The summed E-state index contributed by atoms with van der Waals surface area (Å²) in [5.74, 6) is 2.11. The highest BCUT2D eigenvalue weighted by atomic mass is 15.2. The quantitative estimate of drug-likeness (QED) is 0.811. The lowest BCUT2D eigenvalue weighted by molar-refractivity contribution is 0.230. The Morgan fingerprint density at radius 2 is 2.26 bits per heavy atom. The van der Waals surface area contributed by atoms with Gasteiger partial charge in [0.1, 0.15) is 5.82 Å². The van der Waals surface area contributed by atoms with Crippen molar-refractivity contribution >= 4 is 0 Å². The molecule has 1 aliphatic heterocycles. The molecule has 1 aliphatic carbocycles. The van der Waals surface area contributed by atoms with E-state index < -0.39 is 0 Å². The van der Waals surface area contributed by atoms with Crippen molar-refractivity contribution in [3.05, 3.63) is 18.2 Å². The summed E-state index contributed by atoms with van der Waals surface area (Å²) >= 11 is 0. The molecule has 1 saturated carbocycles. The van der Waals surface area contributed by atoms with E-state index in [4.69, 9.17) is 0 Å². The fourth-order valence-electron chi connectivity index (χ4n) is 3.04. The van der Waals surface area contributed by atoms with Crippen LogP contribution in [0.25, 0.3) is 0 Å². The topological polar surface area (TPSA) is 33.1 Å². The van der Waals surface area contributed by atoms with E-state index >= 15 is 0 Å². The average Bonchev–Trinajstić information content (AvgIpc) is 2.88. The monoisotopic (exact) mass is 262 g/mol. The molecule has 2 heterocycles. The van der Waals surface area contributed by atoms with E-state index in [-0.39, 0.29) is 0 Å². The predicted octanol–water partition coefficient (Wildman–Crippen LogP) is 1.66. The minimum Gasteiger partial charge on any atom is -0.334 e. The van der Waals surface area contributed by atoms with Crippen LogP contribution < -0.4 is 5.32 Å². The first kappa shape index (κ1) is 13.1. The van der Waals surface area contributed by atoms with Gasteiger partial charge in [-0.15, -0.1) is 0 Å². The molecule has 0 bridgehead atoms. The molecule has 0 spiro atoms. The Morgan fingerprint density at radius 3 is 2.89 bits per heavy atom. The maximum atomic E-state index is 4.30. The van der Waals surface area contributed by atoms with Gasteiger partial charge in [0.05, 0.1) is 0 Å². The molecule has 1 aromatic heterocycles. The van der Waals surface area contributed by atoms with Gasteiger partial charge in [-0.25, -0.2) is 4.98 Å². The normalized spacial score (nSPS) is 23.4. The van der Waals surface area contributed by atoms with Crippen LogP contribution in [0.15, 0.2) is 12.4 Å². The van der Waals surface area contributed by atoms with E-state index in [1.54, 1.807) is 0 Å². The van der Waals surface area contributed by atoms with E-state index in [2.05, 4.69) is 32.9 Å². The van der Waals surface area contributed by atoms with Crippen LogP contribution in [0.2, 0.25) is 0 Å². The first-order valence-corrected chi connectivity index (χ1v) is 7.75. The van der Waals surface area contributed by atoms with Gasteiger partial charge in [-0.05, 0) is 45.1 Å². The van der Waals surface area contributed by atoms with Crippen molar-refractivity contribution in [3.63, 3.8) is 0 Å². The third-order valence-corrected chi connectivity index (χ3v) is 4.44. The van der Waals surface area contributed by atoms with E-state index in [0.29, 0.717) is 0 Å². The molecule has 106 valence electrons. The molecule has 0 aromatic carbocycles. The van der Waals surface area contributed by atoms with Crippen LogP contribution in [-0.4, -0.2) is 46.7 Å². The predicted molar refractivity (Wildman–Crippen MR) is 77.2 cm³/mol. The van der Waals surface area contributed by atoms with Gasteiger partial charge >= 0.3 is 0 Å². The molecule has 4 heteroatoms. The molecule has 1 atom stereocenters. The standard InChI is InChI=1S/C15H26N4/c1-13-16-7-8-19(13)10-9-18(11-14-4-5-14)12-15-3-2-6-17-15/h7-8,14-15,17H,2-6,9-12H2,1H3. The maximum Gasteiger partial charge on any atom is 0.105 e. The number of aryl methyl sites for hydroxylation is 1. The summed E-state index contributed by atoms with van der Waals surface area (Å²) in [4.78, 5) is 6.97. The summed E-state index contributed by atoms with van der Waals surface area (Å²) in [7, 11) is 0. The van der Waals surface area contributed by atoms with Crippen molar-refractivity contribution in [3.8, 4) is 0 Å². The van der Waals surface area contributed by atoms with Crippen LogP contribution in [0.1, 0.15) is 31.5 Å². The van der Waals surface area contributed by atoms with Gasteiger partial charge in [-0.1, -0.05) is 0 Å². The number of nitrogens with one attached hydrogen (secondary N) is 1. The Bertz CT molecular complexity index is 391. The molecule has 2 aliphatic rings. The van der Waals surface area contributed by atoms with Crippen LogP contribution in [0, 0.1) is 12.8 Å². The Kier molecular flexibility index (Phi) is 4.18. The van der Waals surface area contributed by atoms with Crippen molar-refractivity contribution in [1.82, 2.24) is 19.8 Å². The minimum absolute atomic E-state index is 0.725. The lowest BCUT2D eigenvalue weighted by atomic mass is 10.2. The molecule has 1 saturated heterocycles. The molecule has 2 fully saturated rings. The number of hydrogen-bond acceptors (Lipinski definition) is 3. The molecule has 1 N–H and O–H groups in total. The van der Waals surface area contributed by atoms with Crippen LogP contribution in [0.4, 0.5) is 0 Å². The number of aromatic nitrogens is 2. The Hall–Kier alpha value is -0.870. The lowest BCUT2D eigenvalue weighted by Gasteiger charge is -2.26. The second-order valence-corrected chi connectivity index (χ2v) is 6.16. The highest BCUT2D eigenvalue weighted by molar-refractivity contribution is 4.89. The van der Waals surface area contributed by atoms with Gasteiger partial charge in [-0.3, -0.25) is 4.90 Å². The number of imidazole rings is 1.